The highest BCUT2D eigenvalue weighted by atomic mass is 16.5. The first-order chi connectivity index (χ1) is 12.8. The summed E-state index contributed by atoms with van der Waals surface area (Å²) in [5.74, 6) is 1.77. The lowest BCUT2D eigenvalue weighted by atomic mass is 10.1. The van der Waals surface area contributed by atoms with Crippen LogP contribution in [0, 0.1) is 0 Å². The fourth-order valence-electron chi connectivity index (χ4n) is 3.24. The van der Waals surface area contributed by atoms with Crippen LogP contribution in [0.5, 0.6) is 5.75 Å². The van der Waals surface area contributed by atoms with Gasteiger partial charge in [-0.25, -0.2) is 0 Å². The monoisotopic (exact) mass is 349 g/mol. The van der Waals surface area contributed by atoms with E-state index in [4.69, 9.17) is 9.26 Å². The Balaban J connectivity index is 1.57. The molecule has 1 fully saturated rings. The van der Waals surface area contributed by atoms with E-state index in [9.17, 15) is 4.79 Å². The van der Waals surface area contributed by atoms with Gasteiger partial charge in [0, 0.05) is 17.7 Å². The summed E-state index contributed by atoms with van der Waals surface area (Å²) in [7, 11) is 1.62. The van der Waals surface area contributed by atoms with Crippen molar-refractivity contribution in [2.75, 3.05) is 13.7 Å². The van der Waals surface area contributed by atoms with Gasteiger partial charge >= 0.3 is 0 Å². The minimum Gasteiger partial charge on any atom is -0.497 e. The molecule has 1 aliphatic rings. The molecule has 0 saturated carbocycles. The second-order valence-electron chi connectivity index (χ2n) is 6.21. The van der Waals surface area contributed by atoms with Gasteiger partial charge in [0.2, 0.25) is 11.7 Å². The molecule has 3 aromatic rings. The van der Waals surface area contributed by atoms with Crippen molar-refractivity contribution in [3.63, 3.8) is 0 Å². The van der Waals surface area contributed by atoms with Gasteiger partial charge in [0.05, 0.1) is 7.11 Å². The van der Waals surface area contributed by atoms with E-state index in [0.29, 0.717) is 23.8 Å². The van der Waals surface area contributed by atoms with E-state index in [-0.39, 0.29) is 11.9 Å². The van der Waals surface area contributed by atoms with Crippen LogP contribution < -0.4 is 4.74 Å². The molecule has 6 heteroatoms. The summed E-state index contributed by atoms with van der Waals surface area (Å²) >= 11 is 0. The van der Waals surface area contributed by atoms with Gasteiger partial charge in [-0.1, -0.05) is 23.4 Å². The molecule has 1 aliphatic heterocycles. The highest BCUT2D eigenvalue weighted by Gasteiger charge is 2.34. The molecule has 4 rings (SSSR count). The minimum atomic E-state index is -0.179. The molecule has 0 radical (unpaired) electrons. The maximum absolute atomic E-state index is 12.8. The van der Waals surface area contributed by atoms with Crippen LogP contribution in [0.15, 0.2) is 59.1 Å². The Morgan fingerprint density at radius 1 is 1.15 bits per heavy atom. The van der Waals surface area contributed by atoms with E-state index in [1.54, 1.807) is 7.11 Å². The molecule has 0 unspecified atom stereocenters. The van der Waals surface area contributed by atoms with Crippen molar-refractivity contribution in [1.29, 1.82) is 0 Å². The third-order valence-electron chi connectivity index (χ3n) is 4.61. The maximum atomic E-state index is 12.8. The largest absolute Gasteiger partial charge is 0.497 e. The molecule has 1 amide bonds. The SMILES string of the molecule is COc1ccc(-c2noc([C@H]3CCCN3C(=O)c3ccccc3)n2)cc1. The van der Waals surface area contributed by atoms with Crippen molar-refractivity contribution in [3.8, 4) is 17.1 Å². The Hall–Kier alpha value is -3.15. The molecular weight excluding hydrogens is 330 g/mol. The normalized spacial score (nSPS) is 16.7. The first-order valence-corrected chi connectivity index (χ1v) is 8.60. The topological polar surface area (TPSA) is 68.5 Å². The van der Waals surface area contributed by atoms with Crippen LogP contribution in [-0.2, 0) is 0 Å². The number of methoxy groups -OCH3 is 1. The predicted molar refractivity (Wildman–Crippen MR) is 95.7 cm³/mol. The minimum absolute atomic E-state index is 0.00250. The van der Waals surface area contributed by atoms with Gasteiger partial charge in [0.15, 0.2) is 0 Å². The summed E-state index contributed by atoms with van der Waals surface area (Å²) < 4.78 is 10.7. The summed E-state index contributed by atoms with van der Waals surface area (Å²) in [5.41, 5.74) is 1.52. The average Bonchev–Trinajstić information content (AvgIpc) is 3.37. The van der Waals surface area contributed by atoms with Crippen molar-refractivity contribution < 1.29 is 14.1 Å². The number of carbonyl (C=O) groups excluding carboxylic acids is 1. The second-order valence-corrected chi connectivity index (χ2v) is 6.21. The van der Waals surface area contributed by atoms with Crippen LogP contribution in [0.1, 0.15) is 35.1 Å². The lowest BCUT2D eigenvalue weighted by Crippen LogP contribution is -2.30. The van der Waals surface area contributed by atoms with Crippen molar-refractivity contribution >= 4 is 5.91 Å². The van der Waals surface area contributed by atoms with Crippen molar-refractivity contribution in [2.45, 2.75) is 18.9 Å². The molecule has 6 nitrogen and oxygen atoms in total. The molecule has 2 aromatic carbocycles. The van der Waals surface area contributed by atoms with Crippen molar-refractivity contribution in [3.05, 3.63) is 66.1 Å². The molecule has 132 valence electrons. The Bertz CT molecular complexity index is 890. The predicted octanol–water partition coefficient (Wildman–Crippen LogP) is 3.72. The Labute approximate surface area is 151 Å². The lowest BCUT2D eigenvalue weighted by Gasteiger charge is -2.21. The summed E-state index contributed by atoms with van der Waals surface area (Å²) in [6, 6.07) is 16.6. The number of benzene rings is 2. The van der Waals surface area contributed by atoms with Crippen LogP contribution in [0.2, 0.25) is 0 Å². The summed E-state index contributed by atoms with van der Waals surface area (Å²) in [5, 5.41) is 4.09. The molecule has 0 spiro atoms. The van der Waals surface area contributed by atoms with E-state index < -0.39 is 0 Å². The quantitative estimate of drug-likeness (QED) is 0.718. The van der Waals surface area contributed by atoms with Gasteiger partial charge < -0.3 is 14.2 Å². The van der Waals surface area contributed by atoms with Crippen LogP contribution in [-0.4, -0.2) is 34.6 Å². The number of amides is 1. The number of nitrogens with zero attached hydrogens (tertiary/aromatic N) is 3. The third-order valence-corrected chi connectivity index (χ3v) is 4.61. The summed E-state index contributed by atoms with van der Waals surface area (Å²) in [4.78, 5) is 19.2. The molecule has 0 N–H and O–H groups in total. The molecule has 26 heavy (non-hydrogen) atoms. The number of ether oxygens (including phenoxy) is 1. The van der Waals surface area contributed by atoms with E-state index in [1.807, 2.05) is 59.5 Å². The zero-order valence-electron chi connectivity index (χ0n) is 14.5. The fraction of sp³-hybridized carbons (Fsp3) is 0.250. The van der Waals surface area contributed by atoms with Crippen molar-refractivity contribution in [1.82, 2.24) is 15.0 Å². The van der Waals surface area contributed by atoms with Crippen LogP contribution >= 0.6 is 0 Å². The van der Waals surface area contributed by atoms with Gasteiger partial charge in [-0.15, -0.1) is 0 Å². The smallest absolute Gasteiger partial charge is 0.254 e. The standard InChI is InChI=1S/C20H19N3O3/c1-25-16-11-9-14(10-12-16)18-21-19(26-22-18)17-8-5-13-23(17)20(24)15-6-3-2-4-7-15/h2-4,6-7,9-12,17H,5,8,13H2,1H3/t17-/m1/s1. The number of likely N-dealkylation sites (tertiary alicyclic amines) is 1. The van der Waals surface area contributed by atoms with Crippen LogP contribution in [0.3, 0.4) is 0 Å². The van der Waals surface area contributed by atoms with E-state index in [0.717, 1.165) is 24.2 Å². The van der Waals surface area contributed by atoms with E-state index in [2.05, 4.69) is 10.1 Å². The van der Waals surface area contributed by atoms with E-state index >= 15 is 0 Å². The Morgan fingerprint density at radius 3 is 2.65 bits per heavy atom. The van der Waals surface area contributed by atoms with Crippen LogP contribution in [0.4, 0.5) is 0 Å². The highest BCUT2D eigenvalue weighted by molar-refractivity contribution is 5.94. The highest BCUT2D eigenvalue weighted by Crippen LogP contribution is 2.33. The van der Waals surface area contributed by atoms with Crippen molar-refractivity contribution in [2.24, 2.45) is 0 Å². The molecular formula is C20H19N3O3. The van der Waals surface area contributed by atoms with Crippen LogP contribution in [0.25, 0.3) is 11.4 Å². The molecule has 1 aromatic heterocycles. The Kier molecular flexibility index (Phi) is 4.39. The fourth-order valence-corrected chi connectivity index (χ4v) is 3.24. The molecule has 0 bridgehead atoms. The van der Waals surface area contributed by atoms with Gasteiger partial charge in [-0.05, 0) is 49.2 Å². The third kappa shape index (κ3) is 3.06. The van der Waals surface area contributed by atoms with E-state index in [1.165, 1.54) is 0 Å². The number of aromatic nitrogens is 2. The first kappa shape index (κ1) is 16.3. The molecule has 0 aliphatic carbocycles. The lowest BCUT2D eigenvalue weighted by molar-refractivity contribution is 0.0710. The Morgan fingerprint density at radius 2 is 1.92 bits per heavy atom. The van der Waals surface area contributed by atoms with Gasteiger partial charge in [0.25, 0.3) is 5.91 Å². The molecule has 2 heterocycles. The number of hydrogen-bond donors (Lipinski definition) is 0. The number of carbonyl (C=O) groups is 1. The second kappa shape index (κ2) is 7.00. The average molecular weight is 349 g/mol. The molecule has 1 saturated heterocycles. The van der Waals surface area contributed by atoms with Gasteiger partial charge in [0.1, 0.15) is 11.8 Å². The van der Waals surface area contributed by atoms with Gasteiger partial charge in [-0.3, -0.25) is 4.79 Å². The number of hydrogen-bond acceptors (Lipinski definition) is 5. The summed E-state index contributed by atoms with van der Waals surface area (Å²) in [6.07, 6.45) is 1.74. The molecule has 1 atom stereocenters. The maximum Gasteiger partial charge on any atom is 0.254 e. The zero-order valence-corrected chi connectivity index (χ0v) is 14.5. The number of rotatable bonds is 4. The zero-order chi connectivity index (χ0) is 17.9. The first-order valence-electron chi connectivity index (χ1n) is 8.60. The van der Waals surface area contributed by atoms with Gasteiger partial charge in [-0.2, -0.15) is 4.98 Å². The summed E-state index contributed by atoms with van der Waals surface area (Å²) in [6.45, 7) is 0.693.